The van der Waals surface area contributed by atoms with Gasteiger partial charge in [-0.05, 0) is 60.5 Å². The van der Waals surface area contributed by atoms with Crippen molar-refractivity contribution in [1.29, 1.82) is 0 Å². The number of hydrogen-bond donors (Lipinski definition) is 1. The number of rotatable bonds is 7. The van der Waals surface area contributed by atoms with E-state index in [1.807, 2.05) is 74.5 Å². The number of carbonyl (C=O) groups is 1. The molecular formula is C22H23NO3. The predicted octanol–water partition coefficient (Wildman–Crippen LogP) is 5.03. The van der Waals surface area contributed by atoms with Crippen LogP contribution in [0.2, 0.25) is 0 Å². The van der Waals surface area contributed by atoms with Gasteiger partial charge in [0.1, 0.15) is 11.5 Å². The lowest BCUT2D eigenvalue weighted by Gasteiger charge is -2.18. The molecule has 1 atom stereocenters. The topological polar surface area (TPSA) is 47.6 Å². The minimum atomic E-state index is -0.553. The van der Waals surface area contributed by atoms with Crippen LogP contribution in [-0.4, -0.2) is 18.6 Å². The zero-order valence-corrected chi connectivity index (χ0v) is 15.1. The average Bonchev–Trinajstić information content (AvgIpc) is 2.67. The third kappa shape index (κ3) is 4.33. The summed E-state index contributed by atoms with van der Waals surface area (Å²) in [4.78, 5) is 12.6. The fourth-order valence-corrected chi connectivity index (χ4v) is 2.75. The Kier molecular flexibility index (Phi) is 5.74. The first kappa shape index (κ1) is 17.8. The van der Waals surface area contributed by atoms with E-state index in [4.69, 9.17) is 9.47 Å². The summed E-state index contributed by atoms with van der Waals surface area (Å²) in [5.41, 5.74) is 0.721. The number of anilines is 1. The molecular weight excluding hydrogens is 326 g/mol. The number of ether oxygens (including phenoxy) is 2. The maximum atomic E-state index is 12.6. The van der Waals surface area contributed by atoms with Gasteiger partial charge in [0.2, 0.25) is 0 Å². The van der Waals surface area contributed by atoms with Crippen LogP contribution in [0, 0.1) is 0 Å². The molecule has 1 amide bonds. The summed E-state index contributed by atoms with van der Waals surface area (Å²) in [5, 5.41) is 5.13. The van der Waals surface area contributed by atoms with Gasteiger partial charge >= 0.3 is 0 Å². The number of amides is 1. The Balaban J connectivity index is 1.67. The second-order valence-corrected chi connectivity index (χ2v) is 5.97. The van der Waals surface area contributed by atoms with Crippen LogP contribution < -0.4 is 14.8 Å². The fourth-order valence-electron chi connectivity index (χ4n) is 2.75. The zero-order valence-electron chi connectivity index (χ0n) is 15.1. The molecule has 0 aliphatic rings. The van der Waals surface area contributed by atoms with Crippen molar-refractivity contribution in [1.82, 2.24) is 0 Å². The Hall–Kier alpha value is -3.01. The number of carbonyl (C=O) groups excluding carboxylic acids is 1. The van der Waals surface area contributed by atoms with E-state index in [-0.39, 0.29) is 5.91 Å². The van der Waals surface area contributed by atoms with Crippen LogP contribution in [0.4, 0.5) is 5.69 Å². The first-order valence-corrected chi connectivity index (χ1v) is 8.88. The third-order valence-electron chi connectivity index (χ3n) is 4.10. The standard InChI is InChI=1S/C22H23NO3/c1-3-21(22(24)23-18-10-13-19(14-11-18)25-4-2)26-20-12-9-16-7-5-6-8-17(16)15-20/h5-15,21H,3-4H2,1-2H3,(H,23,24)/t21-/m0/s1. The average molecular weight is 349 g/mol. The molecule has 3 aromatic rings. The van der Waals surface area contributed by atoms with Crippen LogP contribution in [0.25, 0.3) is 10.8 Å². The summed E-state index contributed by atoms with van der Waals surface area (Å²) in [6.45, 7) is 4.48. The van der Waals surface area contributed by atoms with Gasteiger partial charge in [0.15, 0.2) is 6.10 Å². The van der Waals surface area contributed by atoms with Gasteiger partial charge in [-0.25, -0.2) is 0 Å². The summed E-state index contributed by atoms with van der Waals surface area (Å²) in [6, 6.07) is 21.3. The van der Waals surface area contributed by atoms with E-state index >= 15 is 0 Å². The molecule has 0 heterocycles. The van der Waals surface area contributed by atoms with Crippen molar-refractivity contribution in [2.45, 2.75) is 26.4 Å². The van der Waals surface area contributed by atoms with Gasteiger partial charge in [-0.1, -0.05) is 37.3 Å². The smallest absolute Gasteiger partial charge is 0.265 e. The van der Waals surface area contributed by atoms with Gasteiger partial charge in [-0.15, -0.1) is 0 Å². The molecule has 0 aliphatic heterocycles. The maximum Gasteiger partial charge on any atom is 0.265 e. The van der Waals surface area contributed by atoms with E-state index < -0.39 is 6.10 Å². The molecule has 4 nitrogen and oxygen atoms in total. The van der Waals surface area contributed by atoms with Crippen molar-refractivity contribution in [3.8, 4) is 11.5 Å². The lowest BCUT2D eigenvalue weighted by Crippen LogP contribution is -2.32. The quantitative estimate of drug-likeness (QED) is 0.650. The first-order valence-electron chi connectivity index (χ1n) is 8.88. The molecule has 0 saturated carbocycles. The van der Waals surface area contributed by atoms with E-state index in [1.54, 1.807) is 0 Å². The molecule has 134 valence electrons. The van der Waals surface area contributed by atoms with Gasteiger partial charge in [0.25, 0.3) is 5.91 Å². The van der Waals surface area contributed by atoms with E-state index in [0.29, 0.717) is 18.8 Å². The molecule has 0 spiro atoms. The highest BCUT2D eigenvalue weighted by molar-refractivity contribution is 5.94. The van der Waals surface area contributed by atoms with Crippen LogP contribution in [0.5, 0.6) is 11.5 Å². The minimum absolute atomic E-state index is 0.162. The zero-order chi connectivity index (χ0) is 18.4. The second kappa shape index (κ2) is 8.39. The molecule has 1 N–H and O–H groups in total. The Bertz CT molecular complexity index is 874. The van der Waals surface area contributed by atoms with Gasteiger partial charge < -0.3 is 14.8 Å². The third-order valence-corrected chi connectivity index (χ3v) is 4.10. The van der Waals surface area contributed by atoms with Crippen molar-refractivity contribution in [2.24, 2.45) is 0 Å². The van der Waals surface area contributed by atoms with Crippen LogP contribution >= 0.6 is 0 Å². The van der Waals surface area contributed by atoms with Crippen molar-refractivity contribution in [3.05, 3.63) is 66.7 Å². The summed E-state index contributed by atoms with van der Waals surface area (Å²) < 4.78 is 11.3. The second-order valence-electron chi connectivity index (χ2n) is 5.97. The van der Waals surface area contributed by atoms with Crippen molar-refractivity contribution in [2.75, 3.05) is 11.9 Å². The van der Waals surface area contributed by atoms with E-state index in [9.17, 15) is 4.79 Å². The SMILES string of the molecule is CCOc1ccc(NC(=O)[C@H](CC)Oc2ccc3ccccc3c2)cc1. The van der Waals surface area contributed by atoms with E-state index in [0.717, 1.165) is 22.2 Å². The van der Waals surface area contributed by atoms with Gasteiger partial charge in [0, 0.05) is 5.69 Å². The molecule has 4 heteroatoms. The summed E-state index contributed by atoms with van der Waals surface area (Å²) in [6.07, 6.45) is 0.0260. The molecule has 0 fully saturated rings. The largest absolute Gasteiger partial charge is 0.494 e. The maximum absolute atomic E-state index is 12.6. The molecule has 0 bridgehead atoms. The molecule has 0 unspecified atom stereocenters. The van der Waals surface area contributed by atoms with Crippen LogP contribution in [0.15, 0.2) is 66.7 Å². The van der Waals surface area contributed by atoms with Crippen LogP contribution in [0.3, 0.4) is 0 Å². The Morgan fingerprint density at radius 3 is 2.31 bits per heavy atom. The Labute approximate surface area is 153 Å². The summed E-state index contributed by atoms with van der Waals surface area (Å²) in [5.74, 6) is 1.31. The van der Waals surface area contributed by atoms with Crippen molar-refractivity contribution < 1.29 is 14.3 Å². The normalized spacial score (nSPS) is 11.8. The van der Waals surface area contributed by atoms with Crippen molar-refractivity contribution in [3.63, 3.8) is 0 Å². The Morgan fingerprint density at radius 1 is 0.923 bits per heavy atom. The Morgan fingerprint density at radius 2 is 1.62 bits per heavy atom. The highest BCUT2D eigenvalue weighted by Gasteiger charge is 2.18. The lowest BCUT2D eigenvalue weighted by atomic mass is 10.1. The van der Waals surface area contributed by atoms with Gasteiger partial charge in [-0.3, -0.25) is 4.79 Å². The fraction of sp³-hybridized carbons (Fsp3) is 0.227. The van der Waals surface area contributed by atoms with Gasteiger partial charge in [-0.2, -0.15) is 0 Å². The van der Waals surface area contributed by atoms with E-state index in [2.05, 4.69) is 11.4 Å². The summed E-state index contributed by atoms with van der Waals surface area (Å²) >= 11 is 0. The molecule has 3 rings (SSSR count). The van der Waals surface area contributed by atoms with Gasteiger partial charge in [0.05, 0.1) is 6.61 Å². The molecule has 0 aliphatic carbocycles. The van der Waals surface area contributed by atoms with E-state index in [1.165, 1.54) is 0 Å². The van der Waals surface area contributed by atoms with Crippen molar-refractivity contribution >= 4 is 22.4 Å². The first-order chi connectivity index (χ1) is 12.7. The minimum Gasteiger partial charge on any atom is -0.494 e. The monoisotopic (exact) mass is 349 g/mol. The molecule has 0 saturated heterocycles. The predicted molar refractivity (Wildman–Crippen MR) is 105 cm³/mol. The highest BCUT2D eigenvalue weighted by Crippen LogP contribution is 2.22. The molecule has 0 aromatic heterocycles. The number of nitrogens with one attached hydrogen (secondary N) is 1. The molecule has 26 heavy (non-hydrogen) atoms. The summed E-state index contributed by atoms with van der Waals surface area (Å²) in [7, 11) is 0. The number of benzene rings is 3. The molecule has 0 radical (unpaired) electrons. The molecule has 3 aromatic carbocycles. The lowest BCUT2D eigenvalue weighted by molar-refractivity contribution is -0.122. The number of fused-ring (bicyclic) bond motifs is 1. The highest BCUT2D eigenvalue weighted by atomic mass is 16.5. The van der Waals surface area contributed by atoms with Crippen LogP contribution in [0.1, 0.15) is 20.3 Å². The number of hydrogen-bond acceptors (Lipinski definition) is 3. The van der Waals surface area contributed by atoms with Crippen LogP contribution in [-0.2, 0) is 4.79 Å².